The van der Waals surface area contributed by atoms with Gasteiger partial charge in [0.25, 0.3) is 0 Å². The quantitative estimate of drug-likeness (QED) is 0.864. The lowest BCUT2D eigenvalue weighted by molar-refractivity contribution is -0.117. The molecule has 1 saturated carbocycles. The van der Waals surface area contributed by atoms with Crippen LogP contribution in [-0.4, -0.2) is 5.91 Å². The van der Waals surface area contributed by atoms with Crippen LogP contribution in [0.25, 0.3) is 0 Å². The molecule has 1 aliphatic heterocycles. The number of hydrogen-bond donors (Lipinski definition) is 1. The van der Waals surface area contributed by atoms with Crippen molar-refractivity contribution in [3.8, 4) is 0 Å². The lowest BCUT2D eigenvalue weighted by Crippen LogP contribution is -2.13. The molecule has 2 nitrogen and oxygen atoms in total. The minimum absolute atomic E-state index is 0.0357. The monoisotopic (exact) mass is 247 g/mol. The molecule has 1 aliphatic carbocycles. The Bertz CT molecular complexity index is 466. The van der Waals surface area contributed by atoms with Crippen LogP contribution in [0, 0.1) is 11.7 Å². The van der Waals surface area contributed by atoms with E-state index in [1.54, 1.807) is 6.07 Å². The van der Waals surface area contributed by atoms with Gasteiger partial charge in [0, 0.05) is 5.69 Å². The third-order valence-electron chi connectivity index (χ3n) is 4.30. The Kier molecular flexibility index (Phi) is 3.06. The summed E-state index contributed by atoms with van der Waals surface area (Å²) in [6.07, 6.45) is 7.19. The summed E-state index contributed by atoms with van der Waals surface area (Å²) in [6.45, 7) is 0. The zero-order chi connectivity index (χ0) is 12.5. The zero-order valence-corrected chi connectivity index (χ0v) is 10.4. The number of rotatable bonds is 3. The molecule has 1 aromatic rings. The van der Waals surface area contributed by atoms with Crippen LogP contribution in [0.5, 0.6) is 0 Å². The maximum atomic E-state index is 13.3. The SMILES string of the molecule is O=C1Nc2ccc(F)cc2C1CCC1CCCC1. The zero-order valence-electron chi connectivity index (χ0n) is 10.4. The van der Waals surface area contributed by atoms with E-state index in [0.717, 1.165) is 30.0 Å². The lowest BCUT2D eigenvalue weighted by Gasteiger charge is -2.12. The van der Waals surface area contributed by atoms with Crippen molar-refractivity contribution in [2.24, 2.45) is 5.92 Å². The third-order valence-corrected chi connectivity index (χ3v) is 4.30. The number of fused-ring (bicyclic) bond motifs is 1. The predicted octanol–water partition coefficient (Wildman–Crippen LogP) is 3.83. The Hall–Kier alpha value is -1.38. The van der Waals surface area contributed by atoms with Gasteiger partial charge in [-0.3, -0.25) is 4.79 Å². The predicted molar refractivity (Wildman–Crippen MR) is 69.0 cm³/mol. The largest absolute Gasteiger partial charge is 0.325 e. The molecule has 1 heterocycles. The van der Waals surface area contributed by atoms with E-state index >= 15 is 0 Å². The van der Waals surface area contributed by atoms with Gasteiger partial charge in [0.2, 0.25) is 5.91 Å². The van der Waals surface area contributed by atoms with Crippen LogP contribution in [-0.2, 0) is 4.79 Å². The topological polar surface area (TPSA) is 29.1 Å². The highest BCUT2D eigenvalue weighted by Gasteiger charge is 2.31. The molecule has 3 rings (SSSR count). The Balaban J connectivity index is 1.72. The molecule has 1 N–H and O–H groups in total. The molecule has 0 spiro atoms. The van der Waals surface area contributed by atoms with E-state index in [0.29, 0.717) is 0 Å². The molecule has 0 aromatic heterocycles. The van der Waals surface area contributed by atoms with Crippen molar-refractivity contribution < 1.29 is 9.18 Å². The second-order valence-electron chi connectivity index (χ2n) is 5.50. The number of nitrogens with one attached hydrogen (secondary N) is 1. The molecule has 2 aliphatic rings. The summed E-state index contributed by atoms with van der Waals surface area (Å²) in [5, 5.41) is 2.84. The van der Waals surface area contributed by atoms with Crippen molar-refractivity contribution in [2.45, 2.75) is 44.4 Å². The number of benzene rings is 1. The Morgan fingerprint density at radius 2 is 2.00 bits per heavy atom. The Morgan fingerprint density at radius 3 is 2.78 bits per heavy atom. The first-order valence-corrected chi connectivity index (χ1v) is 6.84. The first-order valence-electron chi connectivity index (χ1n) is 6.84. The Morgan fingerprint density at radius 1 is 1.22 bits per heavy atom. The van der Waals surface area contributed by atoms with E-state index in [9.17, 15) is 9.18 Å². The van der Waals surface area contributed by atoms with E-state index in [-0.39, 0.29) is 17.6 Å². The van der Waals surface area contributed by atoms with Gasteiger partial charge in [0.15, 0.2) is 0 Å². The number of carbonyl (C=O) groups is 1. The number of halogens is 1. The number of hydrogen-bond acceptors (Lipinski definition) is 1. The van der Waals surface area contributed by atoms with Crippen LogP contribution in [0.4, 0.5) is 10.1 Å². The van der Waals surface area contributed by atoms with Gasteiger partial charge in [-0.15, -0.1) is 0 Å². The van der Waals surface area contributed by atoms with Crippen LogP contribution in [0.3, 0.4) is 0 Å². The molecule has 96 valence electrons. The van der Waals surface area contributed by atoms with Crippen LogP contribution >= 0.6 is 0 Å². The van der Waals surface area contributed by atoms with Gasteiger partial charge in [0.1, 0.15) is 5.82 Å². The van der Waals surface area contributed by atoms with Crippen molar-refractivity contribution >= 4 is 11.6 Å². The summed E-state index contributed by atoms with van der Waals surface area (Å²) in [7, 11) is 0. The second-order valence-corrected chi connectivity index (χ2v) is 5.50. The van der Waals surface area contributed by atoms with Gasteiger partial charge >= 0.3 is 0 Å². The summed E-state index contributed by atoms with van der Waals surface area (Å²) < 4.78 is 13.3. The molecule has 1 aromatic carbocycles. The first kappa shape index (κ1) is 11.7. The van der Waals surface area contributed by atoms with E-state index < -0.39 is 0 Å². The summed E-state index contributed by atoms with van der Waals surface area (Å²) in [5.74, 6) is 0.413. The molecule has 0 bridgehead atoms. The molecule has 1 unspecified atom stereocenters. The molecule has 0 saturated heterocycles. The van der Waals surface area contributed by atoms with Gasteiger partial charge in [-0.2, -0.15) is 0 Å². The highest BCUT2D eigenvalue weighted by molar-refractivity contribution is 6.02. The van der Waals surface area contributed by atoms with Crippen molar-refractivity contribution in [1.82, 2.24) is 0 Å². The fourth-order valence-electron chi connectivity index (χ4n) is 3.28. The van der Waals surface area contributed by atoms with Gasteiger partial charge in [-0.1, -0.05) is 25.7 Å². The Labute approximate surface area is 107 Å². The summed E-state index contributed by atoms with van der Waals surface area (Å²) >= 11 is 0. The minimum atomic E-state index is -0.254. The fourth-order valence-corrected chi connectivity index (χ4v) is 3.28. The van der Waals surface area contributed by atoms with E-state index in [4.69, 9.17) is 0 Å². The highest BCUT2D eigenvalue weighted by atomic mass is 19.1. The normalized spacial score (nSPS) is 23.2. The van der Waals surface area contributed by atoms with Crippen molar-refractivity contribution in [3.05, 3.63) is 29.6 Å². The number of carbonyl (C=O) groups excluding carboxylic acids is 1. The second kappa shape index (κ2) is 4.71. The molecule has 1 amide bonds. The van der Waals surface area contributed by atoms with Crippen LogP contribution in [0.15, 0.2) is 18.2 Å². The van der Waals surface area contributed by atoms with Crippen molar-refractivity contribution in [3.63, 3.8) is 0 Å². The van der Waals surface area contributed by atoms with Crippen LogP contribution in [0.1, 0.15) is 50.0 Å². The maximum Gasteiger partial charge on any atom is 0.232 e. The molecular weight excluding hydrogens is 229 g/mol. The van der Waals surface area contributed by atoms with Gasteiger partial charge in [-0.25, -0.2) is 4.39 Å². The average molecular weight is 247 g/mol. The summed E-state index contributed by atoms with van der Waals surface area (Å²) in [5.41, 5.74) is 1.64. The van der Waals surface area contributed by atoms with Crippen LogP contribution in [0.2, 0.25) is 0 Å². The average Bonchev–Trinajstić information content (AvgIpc) is 2.94. The molecule has 18 heavy (non-hydrogen) atoms. The molecule has 0 radical (unpaired) electrons. The summed E-state index contributed by atoms with van der Waals surface area (Å²) in [4.78, 5) is 11.9. The fraction of sp³-hybridized carbons (Fsp3) is 0.533. The molecular formula is C15H18FNO. The third kappa shape index (κ3) is 2.14. The van der Waals surface area contributed by atoms with E-state index in [1.807, 2.05) is 0 Å². The number of amides is 1. The maximum absolute atomic E-state index is 13.3. The van der Waals surface area contributed by atoms with Crippen LogP contribution < -0.4 is 5.32 Å². The molecule has 1 atom stereocenters. The van der Waals surface area contributed by atoms with Gasteiger partial charge in [-0.05, 0) is 42.5 Å². The number of anilines is 1. The molecule has 1 fully saturated rings. The lowest BCUT2D eigenvalue weighted by atomic mass is 9.90. The van der Waals surface area contributed by atoms with Crippen molar-refractivity contribution in [2.75, 3.05) is 5.32 Å². The molecule has 3 heteroatoms. The van der Waals surface area contributed by atoms with E-state index in [1.165, 1.54) is 37.8 Å². The first-order chi connectivity index (χ1) is 8.74. The van der Waals surface area contributed by atoms with Gasteiger partial charge in [0.05, 0.1) is 5.92 Å². The van der Waals surface area contributed by atoms with Gasteiger partial charge < -0.3 is 5.32 Å². The van der Waals surface area contributed by atoms with E-state index in [2.05, 4.69) is 5.32 Å². The smallest absolute Gasteiger partial charge is 0.232 e. The summed E-state index contributed by atoms with van der Waals surface area (Å²) in [6, 6.07) is 4.57. The standard InChI is InChI=1S/C15H18FNO/c16-11-6-8-14-13(9-11)12(15(18)17-14)7-5-10-3-1-2-4-10/h6,8-10,12H,1-5,7H2,(H,17,18). The minimum Gasteiger partial charge on any atom is -0.325 e. The van der Waals surface area contributed by atoms with Crippen molar-refractivity contribution in [1.29, 1.82) is 0 Å². The highest BCUT2D eigenvalue weighted by Crippen LogP contribution is 2.38.